The number of nitrogens with one attached hydrogen (secondary N) is 2. The molecule has 0 atom stereocenters. The standard InChI is InChI=1S/C20H22N4O3S/c1-25-17-6-4-5-14(9-17)12-24-13-16(11-21-24)23-20(28)22-15-7-8-18(26-2)19(10-15)27-3/h4-11,13H,12H2,1-3H3,(H2,22,23,28). The van der Waals surface area contributed by atoms with Gasteiger partial charge in [-0.15, -0.1) is 0 Å². The maximum Gasteiger partial charge on any atom is 0.175 e. The van der Waals surface area contributed by atoms with Crippen molar-refractivity contribution in [2.24, 2.45) is 0 Å². The lowest BCUT2D eigenvalue weighted by Gasteiger charge is -2.12. The van der Waals surface area contributed by atoms with Crippen LogP contribution in [0.15, 0.2) is 54.9 Å². The lowest BCUT2D eigenvalue weighted by atomic mass is 10.2. The molecule has 1 heterocycles. The highest BCUT2D eigenvalue weighted by atomic mass is 32.1. The summed E-state index contributed by atoms with van der Waals surface area (Å²) in [6, 6.07) is 13.4. The summed E-state index contributed by atoms with van der Waals surface area (Å²) in [6.07, 6.45) is 3.62. The van der Waals surface area contributed by atoms with E-state index in [0.717, 1.165) is 22.7 Å². The van der Waals surface area contributed by atoms with Gasteiger partial charge in [0.2, 0.25) is 0 Å². The summed E-state index contributed by atoms with van der Waals surface area (Å²) < 4.78 is 17.6. The Morgan fingerprint density at radius 3 is 2.50 bits per heavy atom. The highest BCUT2D eigenvalue weighted by Crippen LogP contribution is 2.29. The summed E-state index contributed by atoms with van der Waals surface area (Å²) in [4.78, 5) is 0. The van der Waals surface area contributed by atoms with E-state index < -0.39 is 0 Å². The third-order valence-electron chi connectivity index (χ3n) is 4.01. The van der Waals surface area contributed by atoms with Gasteiger partial charge in [-0.05, 0) is 42.0 Å². The zero-order chi connectivity index (χ0) is 19.9. The number of aromatic nitrogens is 2. The van der Waals surface area contributed by atoms with Gasteiger partial charge >= 0.3 is 0 Å². The summed E-state index contributed by atoms with van der Waals surface area (Å²) >= 11 is 5.38. The van der Waals surface area contributed by atoms with Crippen molar-refractivity contribution < 1.29 is 14.2 Å². The fraction of sp³-hybridized carbons (Fsp3) is 0.200. The molecule has 2 aromatic carbocycles. The van der Waals surface area contributed by atoms with E-state index in [-0.39, 0.29) is 0 Å². The van der Waals surface area contributed by atoms with Crippen LogP contribution in [0, 0.1) is 0 Å². The second kappa shape index (κ2) is 9.09. The molecular weight excluding hydrogens is 376 g/mol. The Balaban J connectivity index is 1.60. The third kappa shape index (κ3) is 4.92. The Morgan fingerprint density at radius 2 is 1.75 bits per heavy atom. The van der Waals surface area contributed by atoms with Gasteiger partial charge in [0.25, 0.3) is 0 Å². The summed E-state index contributed by atoms with van der Waals surface area (Å²) in [5.41, 5.74) is 2.68. The molecule has 0 bridgehead atoms. The predicted molar refractivity (Wildman–Crippen MR) is 114 cm³/mol. The number of benzene rings is 2. The number of rotatable bonds is 7. The van der Waals surface area contributed by atoms with E-state index >= 15 is 0 Å². The molecule has 0 spiro atoms. The molecular formula is C20H22N4O3S. The number of nitrogens with zero attached hydrogens (tertiary/aromatic N) is 2. The Morgan fingerprint density at radius 1 is 0.964 bits per heavy atom. The van der Waals surface area contributed by atoms with Gasteiger partial charge in [-0.1, -0.05) is 12.1 Å². The monoisotopic (exact) mass is 398 g/mol. The van der Waals surface area contributed by atoms with Crippen molar-refractivity contribution in [3.8, 4) is 17.2 Å². The molecule has 28 heavy (non-hydrogen) atoms. The molecule has 8 heteroatoms. The van der Waals surface area contributed by atoms with Crippen molar-refractivity contribution in [1.82, 2.24) is 9.78 Å². The van der Waals surface area contributed by atoms with Crippen LogP contribution in [-0.4, -0.2) is 36.2 Å². The minimum atomic E-state index is 0.452. The molecule has 0 aliphatic heterocycles. The quantitative estimate of drug-likeness (QED) is 0.587. The molecule has 0 saturated heterocycles. The Kier molecular flexibility index (Phi) is 6.33. The minimum absolute atomic E-state index is 0.452. The zero-order valence-corrected chi connectivity index (χ0v) is 16.7. The van der Waals surface area contributed by atoms with Crippen molar-refractivity contribution >= 4 is 28.7 Å². The first-order chi connectivity index (χ1) is 13.6. The molecule has 3 rings (SSSR count). The molecule has 0 aliphatic rings. The maximum absolute atomic E-state index is 5.38. The molecule has 2 N–H and O–H groups in total. The minimum Gasteiger partial charge on any atom is -0.497 e. The Hall–Kier alpha value is -3.26. The normalized spacial score (nSPS) is 10.2. The molecule has 146 valence electrons. The summed E-state index contributed by atoms with van der Waals surface area (Å²) in [7, 11) is 4.84. The Bertz CT molecular complexity index is 958. The van der Waals surface area contributed by atoms with Gasteiger partial charge in [0, 0.05) is 18.0 Å². The number of thiocarbonyl (C=S) groups is 1. The number of ether oxygens (including phenoxy) is 3. The molecule has 1 aromatic heterocycles. The topological polar surface area (TPSA) is 69.6 Å². The van der Waals surface area contributed by atoms with Gasteiger partial charge in [-0.3, -0.25) is 4.68 Å². The second-order valence-corrected chi connectivity index (χ2v) is 6.34. The molecule has 0 fully saturated rings. The van der Waals surface area contributed by atoms with Gasteiger partial charge in [-0.2, -0.15) is 5.10 Å². The van der Waals surface area contributed by atoms with Gasteiger partial charge in [0.05, 0.1) is 39.8 Å². The number of hydrogen-bond acceptors (Lipinski definition) is 5. The lowest BCUT2D eigenvalue weighted by Crippen LogP contribution is -2.18. The molecule has 0 aliphatic carbocycles. The smallest absolute Gasteiger partial charge is 0.175 e. The van der Waals surface area contributed by atoms with Gasteiger partial charge in [0.1, 0.15) is 5.75 Å². The van der Waals surface area contributed by atoms with E-state index in [1.54, 1.807) is 27.5 Å². The van der Waals surface area contributed by atoms with Gasteiger partial charge in [0.15, 0.2) is 16.6 Å². The van der Waals surface area contributed by atoms with Crippen molar-refractivity contribution in [1.29, 1.82) is 0 Å². The molecule has 0 amide bonds. The van der Waals surface area contributed by atoms with Crippen LogP contribution in [0.25, 0.3) is 0 Å². The zero-order valence-electron chi connectivity index (χ0n) is 15.9. The van der Waals surface area contributed by atoms with Crippen LogP contribution in [-0.2, 0) is 6.54 Å². The van der Waals surface area contributed by atoms with Crippen molar-refractivity contribution in [3.05, 3.63) is 60.4 Å². The van der Waals surface area contributed by atoms with Crippen LogP contribution in [0.4, 0.5) is 11.4 Å². The molecule has 0 radical (unpaired) electrons. The highest BCUT2D eigenvalue weighted by molar-refractivity contribution is 7.80. The predicted octanol–water partition coefficient (Wildman–Crippen LogP) is 3.77. The fourth-order valence-corrected chi connectivity index (χ4v) is 2.92. The lowest BCUT2D eigenvalue weighted by molar-refractivity contribution is 0.355. The first-order valence-corrected chi connectivity index (χ1v) is 8.97. The Labute approximate surface area is 169 Å². The highest BCUT2D eigenvalue weighted by Gasteiger charge is 2.07. The summed E-state index contributed by atoms with van der Waals surface area (Å²) in [5.74, 6) is 2.11. The van der Waals surface area contributed by atoms with E-state index in [2.05, 4.69) is 15.7 Å². The van der Waals surface area contributed by atoms with Crippen LogP contribution in [0.2, 0.25) is 0 Å². The fourth-order valence-electron chi connectivity index (χ4n) is 2.68. The largest absolute Gasteiger partial charge is 0.497 e. The second-order valence-electron chi connectivity index (χ2n) is 5.93. The maximum atomic E-state index is 5.38. The SMILES string of the molecule is COc1cccc(Cn2cc(NC(=S)Nc3ccc(OC)c(OC)c3)cn2)c1. The van der Waals surface area contributed by atoms with Crippen molar-refractivity contribution in [2.75, 3.05) is 32.0 Å². The third-order valence-corrected chi connectivity index (χ3v) is 4.22. The molecule has 3 aromatic rings. The average Bonchev–Trinajstić information content (AvgIpc) is 3.14. The number of hydrogen-bond donors (Lipinski definition) is 2. The molecule has 0 saturated carbocycles. The summed E-state index contributed by atoms with van der Waals surface area (Å²) in [5, 5.41) is 11.1. The molecule has 0 unspecified atom stereocenters. The molecule has 7 nitrogen and oxygen atoms in total. The number of methoxy groups -OCH3 is 3. The van der Waals surface area contributed by atoms with Crippen molar-refractivity contribution in [2.45, 2.75) is 6.54 Å². The van der Waals surface area contributed by atoms with Crippen LogP contribution in [0.1, 0.15) is 5.56 Å². The number of anilines is 2. The van der Waals surface area contributed by atoms with Crippen LogP contribution < -0.4 is 24.8 Å². The van der Waals surface area contributed by atoms with Crippen LogP contribution in [0.3, 0.4) is 0 Å². The van der Waals surface area contributed by atoms with Crippen LogP contribution in [0.5, 0.6) is 17.2 Å². The van der Waals surface area contributed by atoms with Crippen LogP contribution >= 0.6 is 12.2 Å². The van der Waals surface area contributed by atoms with E-state index in [0.29, 0.717) is 23.2 Å². The van der Waals surface area contributed by atoms with E-state index in [4.69, 9.17) is 26.4 Å². The van der Waals surface area contributed by atoms with Gasteiger partial charge in [-0.25, -0.2) is 0 Å². The summed E-state index contributed by atoms with van der Waals surface area (Å²) in [6.45, 7) is 0.634. The van der Waals surface area contributed by atoms with Gasteiger partial charge < -0.3 is 24.8 Å². The average molecular weight is 398 g/mol. The van der Waals surface area contributed by atoms with E-state index in [1.165, 1.54) is 0 Å². The van der Waals surface area contributed by atoms with E-state index in [1.807, 2.05) is 53.3 Å². The first-order valence-electron chi connectivity index (χ1n) is 8.56. The van der Waals surface area contributed by atoms with Crippen molar-refractivity contribution in [3.63, 3.8) is 0 Å². The first kappa shape index (κ1) is 19.5. The van der Waals surface area contributed by atoms with E-state index in [9.17, 15) is 0 Å².